The first-order chi connectivity index (χ1) is 14.9. The van der Waals surface area contributed by atoms with Gasteiger partial charge in [0.1, 0.15) is 5.76 Å². The number of halogens is 1. The Bertz CT molecular complexity index is 1260. The molecule has 1 aliphatic rings. The fraction of sp³-hybridized carbons (Fsp3) is 0.0435. The zero-order valence-corrected chi connectivity index (χ0v) is 17.5. The molecule has 4 rings (SSSR count). The molecule has 0 atom stereocenters. The summed E-state index contributed by atoms with van der Waals surface area (Å²) in [5.74, 6) is -1.59. The van der Waals surface area contributed by atoms with Crippen LogP contribution in [0.5, 0.6) is 0 Å². The molecule has 0 saturated heterocycles. The van der Waals surface area contributed by atoms with Crippen LogP contribution in [0, 0.1) is 0 Å². The van der Waals surface area contributed by atoms with Crippen LogP contribution in [-0.2, 0) is 14.3 Å². The number of fused-ring (bicyclic) bond motifs is 2. The second-order valence-corrected chi connectivity index (χ2v) is 7.34. The summed E-state index contributed by atoms with van der Waals surface area (Å²) in [6.45, 7) is -0.562. The van der Waals surface area contributed by atoms with Crippen molar-refractivity contribution in [3.8, 4) is 0 Å². The number of carbonyl (C=O) groups is 4. The van der Waals surface area contributed by atoms with Crippen LogP contribution >= 0.6 is 15.9 Å². The molecule has 0 spiro atoms. The van der Waals surface area contributed by atoms with Crippen molar-refractivity contribution in [2.75, 3.05) is 11.9 Å². The quantitative estimate of drug-likeness (QED) is 0.342. The first-order valence-electron chi connectivity index (χ1n) is 9.15. The number of benzene rings is 2. The monoisotopic (exact) mass is 479 g/mol. The molecule has 0 radical (unpaired) electrons. The molecular weight excluding hydrogens is 466 g/mol. The van der Waals surface area contributed by atoms with Crippen LogP contribution in [0.3, 0.4) is 0 Å². The summed E-state index contributed by atoms with van der Waals surface area (Å²) in [6, 6.07) is 14.5. The van der Waals surface area contributed by atoms with Gasteiger partial charge in [-0.25, -0.2) is 4.79 Å². The lowest BCUT2D eigenvalue weighted by Crippen LogP contribution is -2.25. The van der Waals surface area contributed by atoms with Gasteiger partial charge in [-0.15, -0.1) is 0 Å². The number of nitrogens with one attached hydrogen (secondary N) is 1. The third kappa shape index (κ3) is 4.24. The minimum Gasteiger partial charge on any atom is -0.452 e. The molecule has 31 heavy (non-hydrogen) atoms. The SMILES string of the molecule is O=C(COC(=O)/C=C/c1ccc(Br)o1)Nc1cccc2c1C(=O)c1ccccc1C2=O. The average Bonchev–Trinajstić information content (AvgIpc) is 3.19. The van der Waals surface area contributed by atoms with Gasteiger partial charge in [0.25, 0.3) is 5.91 Å². The van der Waals surface area contributed by atoms with Crippen LogP contribution in [0.15, 0.2) is 69.8 Å². The molecular formula is C23H14BrNO6. The van der Waals surface area contributed by atoms with Gasteiger partial charge >= 0.3 is 5.97 Å². The molecule has 3 aromatic rings. The number of carbonyl (C=O) groups excluding carboxylic acids is 4. The van der Waals surface area contributed by atoms with Crippen LogP contribution < -0.4 is 5.32 Å². The van der Waals surface area contributed by atoms with Gasteiger partial charge in [-0.1, -0.05) is 36.4 Å². The molecule has 1 amide bonds. The second kappa shape index (κ2) is 8.53. The van der Waals surface area contributed by atoms with E-state index < -0.39 is 18.5 Å². The van der Waals surface area contributed by atoms with E-state index in [0.717, 1.165) is 6.08 Å². The highest BCUT2D eigenvalue weighted by Crippen LogP contribution is 2.31. The van der Waals surface area contributed by atoms with Crippen molar-refractivity contribution < 1.29 is 28.3 Å². The number of ether oxygens (including phenoxy) is 1. The highest BCUT2D eigenvalue weighted by atomic mass is 79.9. The molecule has 0 bridgehead atoms. The molecule has 2 aromatic carbocycles. The molecule has 0 saturated carbocycles. The predicted octanol–water partition coefficient (Wildman–Crippen LogP) is 4.01. The Balaban J connectivity index is 1.45. The molecule has 1 aromatic heterocycles. The van der Waals surface area contributed by atoms with E-state index in [2.05, 4.69) is 21.2 Å². The second-order valence-electron chi connectivity index (χ2n) is 6.56. The van der Waals surface area contributed by atoms with E-state index in [-0.39, 0.29) is 33.9 Å². The predicted molar refractivity (Wildman–Crippen MR) is 115 cm³/mol. The number of esters is 1. The van der Waals surface area contributed by atoms with Gasteiger partial charge in [-0.2, -0.15) is 0 Å². The van der Waals surface area contributed by atoms with Crippen molar-refractivity contribution >= 4 is 51.1 Å². The Labute approximate surface area is 184 Å². The van der Waals surface area contributed by atoms with Crippen LogP contribution in [0.25, 0.3) is 6.08 Å². The number of hydrogen-bond acceptors (Lipinski definition) is 6. The normalized spacial score (nSPS) is 12.4. The van der Waals surface area contributed by atoms with Crippen molar-refractivity contribution in [3.05, 3.63) is 93.4 Å². The molecule has 0 unspecified atom stereocenters. The van der Waals surface area contributed by atoms with Gasteiger partial charge in [-0.3, -0.25) is 14.4 Å². The summed E-state index contributed by atoms with van der Waals surface area (Å²) < 4.78 is 10.6. The minimum absolute atomic E-state index is 0.120. The number of hydrogen-bond donors (Lipinski definition) is 1. The van der Waals surface area contributed by atoms with Gasteiger partial charge in [0, 0.05) is 22.8 Å². The van der Waals surface area contributed by atoms with Gasteiger partial charge < -0.3 is 14.5 Å². The van der Waals surface area contributed by atoms with E-state index in [1.807, 2.05) is 0 Å². The maximum absolute atomic E-state index is 12.9. The number of anilines is 1. The average molecular weight is 480 g/mol. The molecule has 1 N–H and O–H groups in total. The molecule has 1 heterocycles. The molecule has 7 nitrogen and oxygen atoms in total. The van der Waals surface area contributed by atoms with Crippen molar-refractivity contribution in [1.29, 1.82) is 0 Å². The largest absolute Gasteiger partial charge is 0.452 e. The Hall–Kier alpha value is -3.78. The van der Waals surface area contributed by atoms with E-state index >= 15 is 0 Å². The number of furan rings is 1. The van der Waals surface area contributed by atoms with Crippen molar-refractivity contribution in [1.82, 2.24) is 0 Å². The lowest BCUT2D eigenvalue weighted by atomic mass is 9.83. The third-order valence-corrected chi connectivity index (χ3v) is 4.98. The Morgan fingerprint density at radius 2 is 1.65 bits per heavy atom. The van der Waals surface area contributed by atoms with Crippen LogP contribution in [0.1, 0.15) is 37.6 Å². The third-order valence-electron chi connectivity index (χ3n) is 4.55. The fourth-order valence-corrected chi connectivity index (χ4v) is 3.51. The van der Waals surface area contributed by atoms with Crippen molar-refractivity contribution in [2.45, 2.75) is 0 Å². The summed E-state index contributed by atoms with van der Waals surface area (Å²) in [5, 5.41) is 2.55. The summed E-state index contributed by atoms with van der Waals surface area (Å²) >= 11 is 3.15. The zero-order chi connectivity index (χ0) is 22.0. The maximum Gasteiger partial charge on any atom is 0.331 e. The van der Waals surface area contributed by atoms with Gasteiger partial charge in [0.15, 0.2) is 22.8 Å². The Morgan fingerprint density at radius 1 is 0.935 bits per heavy atom. The van der Waals surface area contributed by atoms with Crippen LogP contribution in [-0.4, -0.2) is 30.0 Å². The Kier molecular flexibility index (Phi) is 5.64. The van der Waals surface area contributed by atoms with Crippen molar-refractivity contribution in [2.24, 2.45) is 0 Å². The standard InChI is InChI=1S/C23H14BrNO6/c24-18-10-8-13(31-18)9-11-20(27)30-12-19(26)25-17-7-3-6-16-21(17)23(29)15-5-2-1-4-14(15)22(16)28/h1-11H,12H2,(H,25,26)/b11-9+. The first kappa shape index (κ1) is 20.5. The van der Waals surface area contributed by atoms with Crippen LogP contribution in [0.4, 0.5) is 5.69 Å². The van der Waals surface area contributed by atoms with E-state index in [9.17, 15) is 19.2 Å². The summed E-state index contributed by atoms with van der Waals surface area (Å²) in [4.78, 5) is 49.8. The lowest BCUT2D eigenvalue weighted by molar-refractivity contribution is -0.142. The maximum atomic E-state index is 12.9. The zero-order valence-electron chi connectivity index (χ0n) is 15.9. The minimum atomic E-state index is -0.738. The smallest absolute Gasteiger partial charge is 0.331 e. The molecule has 0 aliphatic heterocycles. The summed E-state index contributed by atoms with van der Waals surface area (Å²) in [6.07, 6.45) is 2.53. The van der Waals surface area contributed by atoms with E-state index in [4.69, 9.17) is 9.15 Å². The first-order valence-corrected chi connectivity index (χ1v) is 9.95. The van der Waals surface area contributed by atoms with Gasteiger partial charge in [0.2, 0.25) is 0 Å². The summed E-state index contributed by atoms with van der Waals surface area (Å²) in [5.41, 5.74) is 1.12. The van der Waals surface area contributed by atoms with Crippen LogP contribution in [0.2, 0.25) is 0 Å². The number of amides is 1. The summed E-state index contributed by atoms with van der Waals surface area (Å²) in [7, 11) is 0. The molecule has 8 heteroatoms. The van der Waals surface area contributed by atoms with Gasteiger partial charge in [-0.05, 0) is 40.2 Å². The number of ketones is 2. The molecule has 1 aliphatic carbocycles. The highest BCUT2D eigenvalue weighted by molar-refractivity contribution is 9.10. The van der Waals surface area contributed by atoms with E-state index in [1.54, 1.807) is 48.5 Å². The van der Waals surface area contributed by atoms with E-state index in [1.165, 1.54) is 12.1 Å². The molecule has 0 fully saturated rings. The highest BCUT2D eigenvalue weighted by Gasteiger charge is 2.31. The molecule has 154 valence electrons. The lowest BCUT2D eigenvalue weighted by Gasteiger charge is -2.20. The van der Waals surface area contributed by atoms with E-state index in [0.29, 0.717) is 16.0 Å². The fourth-order valence-electron chi connectivity index (χ4n) is 3.19. The van der Waals surface area contributed by atoms with Crippen molar-refractivity contribution in [3.63, 3.8) is 0 Å². The van der Waals surface area contributed by atoms with Gasteiger partial charge in [0.05, 0.1) is 11.3 Å². The number of rotatable bonds is 5. The Morgan fingerprint density at radius 3 is 2.35 bits per heavy atom. The topological polar surface area (TPSA) is 103 Å².